The first kappa shape index (κ1) is 11.7. The molecule has 0 unspecified atom stereocenters. The molecular formula is C18H19N2+. The zero-order chi connectivity index (χ0) is 13.7. The summed E-state index contributed by atoms with van der Waals surface area (Å²) in [7, 11) is 0. The number of hydrogen-bond donors (Lipinski definition) is 1. The van der Waals surface area contributed by atoms with Gasteiger partial charge < -0.3 is 5.32 Å². The number of nitrogens with zero attached hydrogens (tertiary/aromatic N) is 1. The van der Waals surface area contributed by atoms with Gasteiger partial charge in [-0.3, -0.25) is 4.48 Å². The summed E-state index contributed by atoms with van der Waals surface area (Å²) in [5, 5.41) is 11.4. The summed E-state index contributed by atoms with van der Waals surface area (Å²) in [5.41, 5.74) is 0. The molecule has 0 aliphatic carbocycles. The zero-order valence-electron chi connectivity index (χ0n) is 12.0. The Bertz CT molecular complexity index is 877. The lowest BCUT2D eigenvalue weighted by Gasteiger charge is -2.30. The Hall–Kier alpha value is -2.06. The van der Waals surface area contributed by atoms with Crippen molar-refractivity contribution in [2.45, 2.75) is 13.8 Å². The topological polar surface area (TPSA) is 12.0 Å². The summed E-state index contributed by atoms with van der Waals surface area (Å²) in [6.45, 7) is 6.72. The summed E-state index contributed by atoms with van der Waals surface area (Å²) < 4.78 is 0.937. The smallest absolute Gasteiger partial charge is 0.108 e. The lowest BCUT2D eigenvalue weighted by atomic mass is 9.99. The second-order valence-corrected chi connectivity index (χ2v) is 5.69. The van der Waals surface area contributed by atoms with Gasteiger partial charge in [0.15, 0.2) is 0 Å². The Labute approximate surface area is 118 Å². The molecule has 2 aliphatic heterocycles. The molecule has 0 fully saturated rings. The fourth-order valence-electron chi connectivity index (χ4n) is 3.46. The maximum atomic E-state index is 3.24. The Kier molecular flexibility index (Phi) is 2.33. The Morgan fingerprint density at radius 1 is 0.750 bits per heavy atom. The van der Waals surface area contributed by atoms with Crippen molar-refractivity contribution in [3.8, 4) is 0 Å². The summed E-state index contributed by atoms with van der Waals surface area (Å²) in [6.07, 6.45) is 9.01. The van der Waals surface area contributed by atoms with Crippen LogP contribution in [0.4, 0.5) is 0 Å². The highest BCUT2D eigenvalue weighted by molar-refractivity contribution is 5.88. The highest BCUT2D eigenvalue weighted by Gasteiger charge is 2.22. The molecule has 2 aromatic carbocycles. The van der Waals surface area contributed by atoms with E-state index in [-0.39, 0.29) is 0 Å². The molecule has 2 aliphatic rings. The molecule has 20 heavy (non-hydrogen) atoms. The molecule has 0 saturated heterocycles. The molecule has 100 valence electrons. The Morgan fingerprint density at radius 3 is 1.70 bits per heavy atom. The first-order chi connectivity index (χ1) is 9.76. The SMILES string of the molecule is CC[N+]1(CC)C=c2ccc3c4c(ccc(c24)=C1)=CNC=3. The number of hydrogen-bond acceptors (Lipinski definition) is 1. The van der Waals surface area contributed by atoms with Gasteiger partial charge in [-0.05, 0) is 36.4 Å². The lowest BCUT2D eigenvalue weighted by molar-refractivity contribution is -0.767. The van der Waals surface area contributed by atoms with Crippen LogP contribution in [0.2, 0.25) is 0 Å². The van der Waals surface area contributed by atoms with E-state index >= 15 is 0 Å². The number of rotatable bonds is 2. The van der Waals surface area contributed by atoms with E-state index in [2.05, 4.69) is 68.2 Å². The molecule has 2 nitrogen and oxygen atoms in total. The van der Waals surface area contributed by atoms with E-state index in [4.69, 9.17) is 0 Å². The van der Waals surface area contributed by atoms with Gasteiger partial charge >= 0.3 is 0 Å². The van der Waals surface area contributed by atoms with E-state index in [9.17, 15) is 0 Å². The highest BCUT2D eigenvalue weighted by atomic mass is 15.3. The molecular weight excluding hydrogens is 244 g/mol. The minimum Gasteiger partial charge on any atom is -0.366 e. The van der Waals surface area contributed by atoms with Crippen molar-refractivity contribution in [2.75, 3.05) is 13.1 Å². The number of nitrogens with one attached hydrogen (secondary N) is 1. The van der Waals surface area contributed by atoms with E-state index in [1.54, 1.807) is 0 Å². The number of quaternary nitrogens is 1. The predicted octanol–water partition coefficient (Wildman–Crippen LogP) is 0.265. The first-order valence-corrected chi connectivity index (χ1v) is 7.37. The Balaban J connectivity index is 2.27. The van der Waals surface area contributed by atoms with Crippen LogP contribution >= 0.6 is 0 Å². The van der Waals surface area contributed by atoms with Crippen LogP contribution < -0.4 is 26.2 Å². The summed E-state index contributed by atoms with van der Waals surface area (Å²) in [5.74, 6) is 0. The first-order valence-electron chi connectivity index (χ1n) is 7.37. The fourth-order valence-corrected chi connectivity index (χ4v) is 3.46. The van der Waals surface area contributed by atoms with Crippen LogP contribution in [-0.4, -0.2) is 17.6 Å². The molecule has 2 aromatic rings. The van der Waals surface area contributed by atoms with Crippen LogP contribution in [0.1, 0.15) is 13.8 Å². The molecule has 0 spiro atoms. The van der Waals surface area contributed by atoms with Crippen LogP contribution in [0.15, 0.2) is 24.3 Å². The molecule has 0 radical (unpaired) electrons. The Morgan fingerprint density at radius 2 is 1.20 bits per heavy atom. The summed E-state index contributed by atoms with van der Waals surface area (Å²) in [6, 6.07) is 8.99. The third-order valence-electron chi connectivity index (χ3n) is 4.74. The minimum absolute atomic E-state index is 0.937. The second-order valence-electron chi connectivity index (χ2n) is 5.69. The monoisotopic (exact) mass is 263 g/mol. The van der Waals surface area contributed by atoms with Gasteiger partial charge in [0.1, 0.15) is 12.4 Å². The molecule has 0 saturated carbocycles. The normalized spacial score (nSPS) is 17.3. The van der Waals surface area contributed by atoms with Gasteiger partial charge in [-0.1, -0.05) is 12.1 Å². The van der Waals surface area contributed by atoms with Gasteiger partial charge in [-0.15, -0.1) is 0 Å². The third-order valence-corrected chi connectivity index (χ3v) is 4.74. The fraction of sp³-hybridized carbons (Fsp3) is 0.222. The molecule has 0 bridgehead atoms. The average molecular weight is 263 g/mol. The maximum Gasteiger partial charge on any atom is 0.108 e. The maximum absolute atomic E-state index is 3.24. The lowest BCUT2D eigenvalue weighted by Crippen LogP contribution is -2.44. The van der Waals surface area contributed by atoms with Crippen LogP contribution in [0, 0.1) is 0 Å². The summed E-state index contributed by atoms with van der Waals surface area (Å²) >= 11 is 0. The summed E-state index contributed by atoms with van der Waals surface area (Å²) in [4.78, 5) is 0. The van der Waals surface area contributed by atoms with Crippen molar-refractivity contribution in [1.82, 2.24) is 5.32 Å². The predicted molar refractivity (Wildman–Crippen MR) is 84.8 cm³/mol. The van der Waals surface area contributed by atoms with E-state index in [0.717, 1.165) is 17.6 Å². The van der Waals surface area contributed by atoms with Gasteiger partial charge in [0.25, 0.3) is 0 Å². The molecule has 2 heteroatoms. The van der Waals surface area contributed by atoms with Crippen molar-refractivity contribution < 1.29 is 4.48 Å². The largest absolute Gasteiger partial charge is 0.366 e. The molecule has 0 aromatic heterocycles. The van der Waals surface area contributed by atoms with E-state index in [1.165, 1.54) is 31.6 Å². The quantitative estimate of drug-likeness (QED) is 0.767. The van der Waals surface area contributed by atoms with Crippen LogP contribution in [-0.2, 0) is 0 Å². The standard InChI is InChI=1S/C18H19N2/c1-3-20(4-2)11-15-7-5-13-9-19-10-14-6-8-16(12-20)18(15)17(13)14/h5-12,19H,3-4H2,1-2H3/q+1. The molecule has 0 amide bonds. The van der Waals surface area contributed by atoms with Gasteiger partial charge in [-0.2, -0.15) is 0 Å². The zero-order valence-corrected chi connectivity index (χ0v) is 12.0. The van der Waals surface area contributed by atoms with E-state index in [1.807, 2.05) is 0 Å². The van der Waals surface area contributed by atoms with E-state index in [0.29, 0.717) is 0 Å². The third kappa shape index (κ3) is 1.43. The number of benzene rings is 2. The van der Waals surface area contributed by atoms with Crippen molar-refractivity contribution in [1.29, 1.82) is 0 Å². The second kappa shape index (κ2) is 3.97. The van der Waals surface area contributed by atoms with Crippen molar-refractivity contribution in [3.63, 3.8) is 0 Å². The molecule has 2 heterocycles. The average Bonchev–Trinajstić information content (AvgIpc) is 2.52. The minimum atomic E-state index is 0.937. The molecule has 0 atom stereocenters. The van der Waals surface area contributed by atoms with Gasteiger partial charge in [0.05, 0.1) is 13.1 Å². The molecule has 4 rings (SSSR count). The van der Waals surface area contributed by atoms with Crippen LogP contribution in [0.3, 0.4) is 0 Å². The van der Waals surface area contributed by atoms with Crippen LogP contribution in [0.25, 0.3) is 35.6 Å². The van der Waals surface area contributed by atoms with Gasteiger partial charge in [0.2, 0.25) is 0 Å². The highest BCUT2D eigenvalue weighted by Crippen LogP contribution is 2.13. The van der Waals surface area contributed by atoms with Crippen molar-refractivity contribution in [2.24, 2.45) is 0 Å². The van der Waals surface area contributed by atoms with Crippen molar-refractivity contribution >= 4 is 35.6 Å². The molecule has 1 N–H and O–H groups in total. The van der Waals surface area contributed by atoms with E-state index < -0.39 is 0 Å². The van der Waals surface area contributed by atoms with Crippen LogP contribution in [0.5, 0.6) is 0 Å². The van der Waals surface area contributed by atoms with Crippen molar-refractivity contribution in [3.05, 3.63) is 45.1 Å². The van der Waals surface area contributed by atoms with Gasteiger partial charge in [-0.25, -0.2) is 0 Å². The van der Waals surface area contributed by atoms with Gasteiger partial charge in [0, 0.05) is 33.6 Å².